The Bertz CT molecular complexity index is 263. The third-order valence-electron chi connectivity index (χ3n) is 1.78. The van der Waals surface area contributed by atoms with E-state index in [9.17, 15) is 9.59 Å². The van der Waals surface area contributed by atoms with E-state index in [1.807, 2.05) is 6.08 Å². The van der Waals surface area contributed by atoms with Crippen LogP contribution in [0, 0.1) is 0 Å². The number of carbonyl (C=O) groups excluding carboxylic acids is 2. The molecule has 0 aromatic heterocycles. The number of carbonyl (C=O) groups is 2. The van der Waals surface area contributed by atoms with E-state index >= 15 is 0 Å². The van der Waals surface area contributed by atoms with Gasteiger partial charge in [0.15, 0.2) is 0 Å². The van der Waals surface area contributed by atoms with Crippen molar-refractivity contribution in [1.29, 1.82) is 0 Å². The van der Waals surface area contributed by atoms with Crippen molar-refractivity contribution in [2.75, 3.05) is 13.1 Å². The van der Waals surface area contributed by atoms with E-state index < -0.39 is 5.91 Å². The first-order valence-corrected chi connectivity index (χ1v) is 4.79. The summed E-state index contributed by atoms with van der Waals surface area (Å²) in [5.74, 6) is -0.770. The van der Waals surface area contributed by atoms with Crippen molar-refractivity contribution in [2.24, 2.45) is 5.73 Å². The SMILES string of the molecule is NC(=O)CC(=O)N1CCC=C(Br)C1. The minimum absolute atomic E-state index is 0.194. The van der Waals surface area contributed by atoms with E-state index in [1.165, 1.54) is 0 Å². The summed E-state index contributed by atoms with van der Waals surface area (Å²) in [6, 6.07) is 0. The number of amides is 2. The summed E-state index contributed by atoms with van der Waals surface area (Å²) in [7, 11) is 0. The van der Waals surface area contributed by atoms with E-state index in [0.29, 0.717) is 13.1 Å². The molecular formula is C8H11BrN2O2. The van der Waals surface area contributed by atoms with Crippen molar-refractivity contribution in [3.63, 3.8) is 0 Å². The normalized spacial score (nSPS) is 16.7. The van der Waals surface area contributed by atoms with Crippen LogP contribution in [0.4, 0.5) is 0 Å². The summed E-state index contributed by atoms with van der Waals surface area (Å²) in [6.45, 7) is 1.22. The molecule has 0 bridgehead atoms. The Hall–Kier alpha value is -0.840. The van der Waals surface area contributed by atoms with Crippen LogP contribution in [0.5, 0.6) is 0 Å². The van der Waals surface area contributed by atoms with Gasteiger partial charge in [0.1, 0.15) is 6.42 Å². The van der Waals surface area contributed by atoms with Crippen molar-refractivity contribution in [3.8, 4) is 0 Å². The molecule has 13 heavy (non-hydrogen) atoms. The summed E-state index contributed by atoms with van der Waals surface area (Å²) in [5, 5.41) is 0. The molecule has 2 amide bonds. The van der Waals surface area contributed by atoms with Crippen molar-refractivity contribution >= 4 is 27.7 Å². The van der Waals surface area contributed by atoms with Crippen LogP contribution in [0.25, 0.3) is 0 Å². The second-order valence-corrected chi connectivity index (χ2v) is 3.92. The Morgan fingerprint density at radius 3 is 2.85 bits per heavy atom. The molecule has 0 aromatic carbocycles. The average Bonchev–Trinajstić information content (AvgIpc) is 2.03. The fourth-order valence-corrected chi connectivity index (χ4v) is 1.71. The minimum atomic E-state index is -0.573. The lowest BCUT2D eigenvalue weighted by molar-refractivity contribution is -0.134. The van der Waals surface area contributed by atoms with Crippen LogP contribution in [-0.2, 0) is 9.59 Å². The molecule has 1 aliphatic heterocycles. The van der Waals surface area contributed by atoms with E-state index in [-0.39, 0.29) is 12.3 Å². The summed E-state index contributed by atoms with van der Waals surface area (Å²) in [6.07, 6.45) is 2.65. The number of rotatable bonds is 2. The van der Waals surface area contributed by atoms with Crippen LogP contribution < -0.4 is 5.73 Å². The van der Waals surface area contributed by atoms with Crippen molar-refractivity contribution in [3.05, 3.63) is 10.6 Å². The van der Waals surface area contributed by atoms with E-state index in [2.05, 4.69) is 15.9 Å². The fourth-order valence-electron chi connectivity index (χ4n) is 1.18. The van der Waals surface area contributed by atoms with Gasteiger partial charge in [0.05, 0.1) is 6.54 Å². The molecule has 0 saturated heterocycles. The highest BCUT2D eigenvalue weighted by atomic mass is 79.9. The smallest absolute Gasteiger partial charge is 0.232 e. The molecular weight excluding hydrogens is 236 g/mol. The predicted octanol–water partition coefficient (Wildman–Crippen LogP) is 0.373. The third-order valence-corrected chi connectivity index (χ3v) is 2.36. The summed E-state index contributed by atoms with van der Waals surface area (Å²) in [4.78, 5) is 23.4. The highest BCUT2D eigenvalue weighted by molar-refractivity contribution is 9.11. The molecule has 0 unspecified atom stereocenters. The van der Waals surface area contributed by atoms with E-state index in [0.717, 1.165) is 10.9 Å². The maximum Gasteiger partial charge on any atom is 0.232 e. The van der Waals surface area contributed by atoms with Gasteiger partial charge in [-0.2, -0.15) is 0 Å². The van der Waals surface area contributed by atoms with Crippen LogP contribution in [0.1, 0.15) is 12.8 Å². The average molecular weight is 247 g/mol. The number of hydrogen-bond donors (Lipinski definition) is 1. The van der Waals surface area contributed by atoms with Gasteiger partial charge in [-0.25, -0.2) is 0 Å². The molecule has 0 spiro atoms. The number of halogens is 1. The first-order chi connectivity index (χ1) is 6.09. The zero-order chi connectivity index (χ0) is 9.84. The molecule has 1 aliphatic rings. The summed E-state index contributed by atoms with van der Waals surface area (Å²) >= 11 is 3.31. The third kappa shape index (κ3) is 3.18. The molecule has 72 valence electrons. The van der Waals surface area contributed by atoms with Crippen molar-refractivity contribution in [2.45, 2.75) is 12.8 Å². The zero-order valence-corrected chi connectivity index (χ0v) is 8.71. The summed E-state index contributed by atoms with van der Waals surface area (Å²) in [5.41, 5.74) is 4.92. The van der Waals surface area contributed by atoms with Gasteiger partial charge in [0.25, 0.3) is 0 Å². The molecule has 5 heteroatoms. The molecule has 0 radical (unpaired) electrons. The minimum Gasteiger partial charge on any atom is -0.369 e. The predicted molar refractivity (Wildman–Crippen MR) is 52.0 cm³/mol. The quantitative estimate of drug-likeness (QED) is 0.716. The maximum atomic E-state index is 11.3. The molecule has 0 saturated carbocycles. The lowest BCUT2D eigenvalue weighted by Crippen LogP contribution is -2.37. The number of nitrogens with zero attached hydrogens (tertiary/aromatic N) is 1. The van der Waals surface area contributed by atoms with Crippen LogP contribution in [0.15, 0.2) is 10.6 Å². The standard InChI is InChI=1S/C8H11BrN2O2/c9-6-2-1-3-11(5-6)8(13)4-7(10)12/h2H,1,3-5H2,(H2,10,12). The van der Waals surface area contributed by atoms with Gasteiger partial charge < -0.3 is 10.6 Å². The van der Waals surface area contributed by atoms with Gasteiger partial charge in [-0.1, -0.05) is 22.0 Å². The Morgan fingerprint density at radius 1 is 1.62 bits per heavy atom. The highest BCUT2D eigenvalue weighted by Crippen LogP contribution is 2.15. The Balaban J connectivity index is 2.49. The number of hydrogen-bond acceptors (Lipinski definition) is 2. The Labute approximate surface area is 84.9 Å². The summed E-state index contributed by atoms with van der Waals surface area (Å²) < 4.78 is 0.983. The molecule has 0 atom stereocenters. The monoisotopic (exact) mass is 246 g/mol. The first kappa shape index (κ1) is 10.2. The van der Waals surface area contributed by atoms with Gasteiger partial charge in [-0.15, -0.1) is 0 Å². The van der Waals surface area contributed by atoms with Crippen molar-refractivity contribution < 1.29 is 9.59 Å². The first-order valence-electron chi connectivity index (χ1n) is 4.00. The molecule has 4 nitrogen and oxygen atoms in total. The number of nitrogens with two attached hydrogens (primary N) is 1. The molecule has 0 aliphatic carbocycles. The van der Waals surface area contributed by atoms with Crippen LogP contribution in [0.3, 0.4) is 0 Å². The van der Waals surface area contributed by atoms with Gasteiger partial charge in [0, 0.05) is 11.0 Å². The Kier molecular flexibility index (Phi) is 3.48. The topological polar surface area (TPSA) is 63.4 Å². The largest absolute Gasteiger partial charge is 0.369 e. The lowest BCUT2D eigenvalue weighted by Gasteiger charge is -2.24. The second kappa shape index (κ2) is 4.41. The van der Waals surface area contributed by atoms with Gasteiger partial charge in [-0.05, 0) is 6.42 Å². The van der Waals surface area contributed by atoms with E-state index in [4.69, 9.17) is 5.73 Å². The number of primary amides is 1. The molecule has 1 rings (SSSR count). The lowest BCUT2D eigenvalue weighted by atomic mass is 10.2. The van der Waals surface area contributed by atoms with Crippen LogP contribution >= 0.6 is 15.9 Å². The van der Waals surface area contributed by atoms with Crippen LogP contribution in [0.2, 0.25) is 0 Å². The van der Waals surface area contributed by atoms with Gasteiger partial charge >= 0.3 is 0 Å². The molecule has 2 N–H and O–H groups in total. The molecule has 1 heterocycles. The van der Waals surface area contributed by atoms with Crippen LogP contribution in [-0.4, -0.2) is 29.8 Å². The molecule has 0 fully saturated rings. The van der Waals surface area contributed by atoms with Gasteiger partial charge in [0.2, 0.25) is 11.8 Å². The van der Waals surface area contributed by atoms with Gasteiger partial charge in [-0.3, -0.25) is 9.59 Å². The highest BCUT2D eigenvalue weighted by Gasteiger charge is 2.18. The fraction of sp³-hybridized carbons (Fsp3) is 0.500. The van der Waals surface area contributed by atoms with E-state index in [1.54, 1.807) is 4.90 Å². The molecule has 0 aromatic rings. The Morgan fingerprint density at radius 2 is 2.31 bits per heavy atom. The zero-order valence-electron chi connectivity index (χ0n) is 7.12. The van der Waals surface area contributed by atoms with Crippen molar-refractivity contribution in [1.82, 2.24) is 4.90 Å². The maximum absolute atomic E-state index is 11.3. The second-order valence-electron chi connectivity index (χ2n) is 2.90.